The summed E-state index contributed by atoms with van der Waals surface area (Å²) in [5.41, 5.74) is 0.814. The van der Waals surface area contributed by atoms with Crippen LogP contribution in [-0.4, -0.2) is 76.1 Å². The first-order chi connectivity index (χ1) is 14.2. The zero-order chi connectivity index (χ0) is 19.8. The fraction of sp³-hybridized carbons (Fsp3) is 0.476. The first-order valence-electron chi connectivity index (χ1n) is 10.1. The number of benzene rings is 1. The number of hydrogen-bond acceptors (Lipinski definition) is 6. The predicted molar refractivity (Wildman–Crippen MR) is 108 cm³/mol. The van der Waals surface area contributed by atoms with Crippen LogP contribution in [0.5, 0.6) is 0 Å². The average molecular weight is 413 g/mol. The summed E-state index contributed by atoms with van der Waals surface area (Å²) in [6, 6.07) is 9.84. The van der Waals surface area contributed by atoms with E-state index in [-0.39, 0.29) is 23.5 Å². The molecule has 0 radical (unpaired) electrons. The number of amides is 2. The van der Waals surface area contributed by atoms with Gasteiger partial charge in [-0.05, 0) is 5.56 Å². The smallest absolute Gasteiger partial charge is 0.282 e. The molecule has 1 atom stereocenters. The van der Waals surface area contributed by atoms with Crippen LogP contribution < -0.4 is 0 Å². The van der Waals surface area contributed by atoms with Crippen LogP contribution in [0.25, 0.3) is 0 Å². The first-order valence-corrected chi connectivity index (χ1v) is 11.0. The molecule has 152 valence electrons. The molecule has 0 unspecified atom stereocenters. The molecule has 1 aromatic carbocycles. The van der Waals surface area contributed by atoms with Gasteiger partial charge >= 0.3 is 0 Å². The molecule has 3 aliphatic heterocycles. The number of aromatic nitrogens is 1. The van der Waals surface area contributed by atoms with Crippen molar-refractivity contribution in [2.75, 3.05) is 32.8 Å². The second-order valence-corrected chi connectivity index (χ2v) is 8.70. The molecule has 8 heteroatoms. The Balaban J connectivity index is 1.43. The third-order valence-electron chi connectivity index (χ3n) is 6.35. The number of rotatable bonds is 3. The number of piperazine rings is 1. The van der Waals surface area contributed by atoms with E-state index >= 15 is 0 Å². The van der Waals surface area contributed by atoms with Crippen molar-refractivity contribution in [1.82, 2.24) is 19.7 Å². The van der Waals surface area contributed by atoms with E-state index in [1.807, 2.05) is 28.5 Å². The van der Waals surface area contributed by atoms with E-state index < -0.39 is 0 Å². The number of nitrogens with zero attached hydrogens (tertiary/aromatic N) is 4. The van der Waals surface area contributed by atoms with E-state index in [1.165, 1.54) is 11.3 Å². The van der Waals surface area contributed by atoms with Crippen LogP contribution in [0.15, 0.2) is 41.9 Å². The van der Waals surface area contributed by atoms with E-state index in [9.17, 15) is 9.59 Å². The van der Waals surface area contributed by atoms with Crippen LogP contribution in [0.1, 0.15) is 28.2 Å². The van der Waals surface area contributed by atoms with Gasteiger partial charge in [0, 0.05) is 50.6 Å². The third kappa shape index (κ3) is 3.15. The molecule has 0 aliphatic carbocycles. The standard InChI is InChI=1S/C21H24N4O3S/c26-19-17-15-23(20(27)18-22-8-13-29-18)9-10-24(17)21(6-11-28-12-7-21)25(19)14-16-4-2-1-3-5-16/h1-5,8,13,17H,6-7,9-12,14-15H2/t17-/m1/s1. The highest BCUT2D eigenvalue weighted by molar-refractivity contribution is 7.11. The summed E-state index contributed by atoms with van der Waals surface area (Å²) < 4.78 is 5.64. The second kappa shape index (κ2) is 7.51. The maximum atomic E-state index is 13.6. The van der Waals surface area contributed by atoms with Crippen LogP contribution in [0.2, 0.25) is 0 Å². The van der Waals surface area contributed by atoms with E-state index in [1.54, 1.807) is 11.1 Å². The molecule has 0 saturated carbocycles. The van der Waals surface area contributed by atoms with E-state index in [0.717, 1.165) is 18.4 Å². The predicted octanol–water partition coefficient (Wildman–Crippen LogP) is 1.82. The maximum absolute atomic E-state index is 13.6. The number of fused-ring (bicyclic) bond motifs is 2. The summed E-state index contributed by atoms with van der Waals surface area (Å²) in [6.45, 7) is 3.63. The number of ether oxygens (including phenoxy) is 1. The lowest BCUT2D eigenvalue weighted by atomic mass is 9.96. The molecule has 0 N–H and O–H groups in total. The molecule has 2 amide bonds. The lowest BCUT2D eigenvalue weighted by Gasteiger charge is -2.48. The Hall–Kier alpha value is -2.29. The van der Waals surface area contributed by atoms with Crippen molar-refractivity contribution in [2.24, 2.45) is 0 Å². The van der Waals surface area contributed by atoms with Gasteiger partial charge in [-0.2, -0.15) is 0 Å². The number of hydrogen-bond donors (Lipinski definition) is 0. The van der Waals surface area contributed by atoms with Crippen molar-refractivity contribution in [3.63, 3.8) is 0 Å². The summed E-state index contributed by atoms with van der Waals surface area (Å²) in [6.07, 6.45) is 3.26. The third-order valence-corrected chi connectivity index (χ3v) is 7.11. The van der Waals surface area contributed by atoms with Gasteiger partial charge < -0.3 is 14.5 Å². The van der Waals surface area contributed by atoms with Gasteiger partial charge in [0.25, 0.3) is 5.91 Å². The summed E-state index contributed by atoms with van der Waals surface area (Å²) in [5.74, 6) is 0.0439. The van der Waals surface area contributed by atoms with Crippen molar-refractivity contribution in [3.8, 4) is 0 Å². The Kier molecular flexibility index (Phi) is 4.85. The van der Waals surface area contributed by atoms with Gasteiger partial charge in [0.2, 0.25) is 5.91 Å². The zero-order valence-electron chi connectivity index (χ0n) is 16.2. The Labute approximate surface area is 173 Å². The lowest BCUT2D eigenvalue weighted by Crippen LogP contribution is -2.62. The minimum atomic E-state index is -0.313. The molecule has 3 saturated heterocycles. The monoisotopic (exact) mass is 412 g/mol. The highest BCUT2D eigenvalue weighted by atomic mass is 32.1. The molecule has 3 fully saturated rings. The Morgan fingerprint density at radius 3 is 2.72 bits per heavy atom. The minimum absolute atomic E-state index is 0.0741. The Morgan fingerprint density at radius 2 is 2.00 bits per heavy atom. The highest BCUT2D eigenvalue weighted by Gasteiger charge is 2.58. The van der Waals surface area contributed by atoms with Gasteiger partial charge in [-0.25, -0.2) is 4.98 Å². The molecule has 29 heavy (non-hydrogen) atoms. The molecule has 0 bridgehead atoms. The number of carbonyl (C=O) groups excluding carboxylic acids is 2. The summed E-state index contributed by atoms with van der Waals surface area (Å²) in [5, 5.41) is 2.30. The van der Waals surface area contributed by atoms with Crippen LogP contribution in [0.4, 0.5) is 0 Å². The summed E-state index contributed by atoms with van der Waals surface area (Å²) in [4.78, 5) is 36.7. The number of thiazole rings is 1. The fourth-order valence-corrected chi connectivity index (χ4v) is 5.53. The maximum Gasteiger partial charge on any atom is 0.282 e. The average Bonchev–Trinajstić information content (AvgIpc) is 3.38. The van der Waals surface area contributed by atoms with E-state index in [2.05, 4.69) is 22.0 Å². The highest BCUT2D eigenvalue weighted by Crippen LogP contribution is 2.42. The molecule has 5 rings (SSSR count). The molecule has 2 aromatic rings. The molecular formula is C21H24N4O3S. The zero-order valence-corrected chi connectivity index (χ0v) is 17.0. The Morgan fingerprint density at radius 1 is 1.21 bits per heavy atom. The van der Waals surface area contributed by atoms with Gasteiger partial charge in [-0.1, -0.05) is 30.3 Å². The van der Waals surface area contributed by atoms with Crippen LogP contribution >= 0.6 is 11.3 Å². The van der Waals surface area contributed by atoms with Gasteiger partial charge in [-0.15, -0.1) is 11.3 Å². The molecule has 3 aliphatic rings. The summed E-state index contributed by atoms with van der Waals surface area (Å²) in [7, 11) is 0. The van der Waals surface area contributed by atoms with Gasteiger partial charge in [0.15, 0.2) is 5.01 Å². The normalized spacial score (nSPS) is 24.1. The number of carbonyl (C=O) groups is 2. The Bertz CT molecular complexity index is 883. The van der Waals surface area contributed by atoms with Crippen LogP contribution in [-0.2, 0) is 16.1 Å². The van der Waals surface area contributed by atoms with Crippen LogP contribution in [0, 0.1) is 0 Å². The second-order valence-electron chi connectivity index (χ2n) is 7.80. The van der Waals surface area contributed by atoms with Gasteiger partial charge in [-0.3, -0.25) is 14.5 Å². The van der Waals surface area contributed by atoms with Gasteiger partial charge in [0.1, 0.15) is 11.7 Å². The van der Waals surface area contributed by atoms with E-state index in [4.69, 9.17) is 4.74 Å². The fourth-order valence-electron chi connectivity index (χ4n) is 4.93. The van der Waals surface area contributed by atoms with Crippen LogP contribution in [0.3, 0.4) is 0 Å². The molecular weight excluding hydrogens is 388 g/mol. The van der Waals surface area contributed by atoms with E-state index in [0.29, 0.717) is 44.4 Å². The first kappa shape index (κ1) is 18.7. The molecule has 1 aromatic heterocycles. The quantitative estimate of drug-likeness (QED) is 0.769. The lowest BCUT2D eigenvalue weighted by molar-refractivity contribution is -0.137. The molecule has 7 nitrogen and oxygen atoms in total. The topological polar surface area (TPSA) is 66.0 Å². The van der Waals surface area contributed by atoms with Crippen molar-refractivity contribution in [3.05, 3.63) is 52.5 Å². The molecule has 4 heterocycles. The van der Waals surface area contributed by atoms with Crippen molar-refractivity contribution in [2.45, 2.75) is 31.1 Å². The van der Waals surface area contributed by atoms with Crippen molar-refractivity contribution >= 4 is 23.2 Å². The summed E-state index contributed by atoms with van der Waals surface area (Å²) >= 11 is 1.35. The minimum Gasteiger partial charge on any atom is -0.381 e. The molecule has 1 spiro atoms. The van der Waals surface area contributed by atoms with Crippen molar-refractivity contribution < 1.29 is 14.3 Å². The van der Waals surface area contributed by atoms with Gasteiger partial charge in [0.05, 0.1) is 13.2 Å². The van der Waals surface area contributed by atoms with Crippen molar-refractivity contribution in [1.29, 1.82) is 0 Å². The largest absolute Gasteiger partial charge is 0.381 e. The SMILES string of the molecule is O=C(c1nccs1)N1CCN2[C@H](C1)C(=O)N(Cc1ccccc1)C21CCOCC1.